The smallest absolute Gasteiger partial charge is 0.396 e. The number of methoxy groups -OCH3 is 1. The second-order valence-electron chi connectivity index (χ2n) is 3.12. The minimum Gasteiger partial charge on any atom is -0.462 e. The highest BCUT2D eigenvalue weighted by atomic mass is 35.5. The molecule has 0 heterocycles. The van der Waals surface area contributed by atoms with Crippen molar-refractivity contribution in [2.45, 2.75) is 6.42 Å². The molecule has 5 heteroatoms. The average Bonchev–Trinajstić information content (AvgIpc) is 2.30. The molecule has 0 atom stereocenters. The van der Waals surface area contributed by atoms with Crippen molar-refractivity contribution in [3.05, 3.63) is 34.9 Å². The van der Waals surface area contributed by atoms with Gasteiger partial charge in [0, 0.05) is 11.6 Å². The molecule has 0 bridgehead atoms. The first-order valence-corrected chi connectivity index (χ1v) is 5.12. The summed E-state index contributed by atoms with van der Waals surface area (Å²) in [6, 6.07) is 7.29. The fourth-order valence-corrected chi connectivity index (χ4v) is 1.26. The molecule has 1 amide bonds. The van der Waals surface area contributed by atoms with E-state index in [2.05, 4.69) is 10.1 Å². The van der Waals surface area contributed by atoms with Crippen molar-refractivity contribution >= 4 is 23.5 Å². The van der Waals surface area contributed by atoms with Crippen molar-refractivity contribution < 1.29 is 14.3 Å². The molecule has 1 aromatic carbocycles. The van der Waals surface area contributed by atoms with Gasteiger partial charge in [-0.05, 0) is 24.1 Å². The molecule has 86 valence electrons. The van der Waals surface area contributed by atoms with E-state index >= 15 is 0 Å². The van der Waals surface area contributed by atoms with Crippen molar-refractivity contribution in [1.29, 1.82) is 0 Å². The number of carbonyl (C=O) groups is 2. The standard InChI is InChI=1S/C11H12ClNO3/c1-16-11(15)10(14)13-7-6-8-2-4-9(12)5-3-8/h2-5H,6-7H2,1H3,(H,13,14). The van der Waals surface area contributed by atoms with Gasteiger partial charge in [-0.15, -0.1) is 0 Å². The Morgan fingerprint density at radius 2 is 1.94 bits per heavy atom. The van der Waals surface area contributed by atoms with Gasteiger partial charge in [-0.3, -0.25) is 4.79 Å². The Bertz CT molecular complexity index is 375. The zero-order valence-electron chi connectivity index (χ0n) is 8.83. The molecule has 0 saturated heterocycles. The zero-order valence-corrected chi connectivity index (χ0v) is 9.58. The van der Waals surface area contributed by atoms with Crippen LogP contribution >= 0.6 is 11.6 Å². The predicted molar refractivity (Wildman–Crippen MR) is 60.2 cm³/mol. The molecule has 4 nitrogen and oxygen atoms in total. The molecular weight excluding hydrogens is 230 g/mol. The fourth-order valence-electron chi connectivity index (χ4n) is 1.14. The Balaban J connectivity index is 2.33. The van der Waals surface area contributed by atoms with E-state index in [0.29, 0.717) is 18.0 Å². The van der Waals surface area contributed by atoms with E-state index in [1.807, 2.05) is 12.1 Å². The number of ether oxygens (including phenoxy) is 1. The molecule has 0 radical (unpaired) electrons. The van der Waals surface area contributed by atoms with E-state index in [1.165, 1.54) is 7.11 Å². The van der Waals surface area contributed by atoms with Gasteiger partial charge in [-0.25, -0.2) is 4.79 Å². The van der Waals surface area contributed by atoms with Crippen LogP contribution in [0, 0.1) is 0 Å². The van der Waals surface area contributed by atoms with Gasteiger partial charge in [0.2, 0.25) is 0 Å². The molecule has 1 rings (SSSR count). The van der Waals surface area contributed by atoms with E-state index in [0.717, 1.165) is 5.56 Å². The Labute approximate surface area is 98.5 Å². The van der Waals surface area contributed by atoms with Crippen LogP contribution in [0.2, 0.25) is 5.02 Å². The summed E-state index contributed by atoms with van der Waals surface area (Å²) in [5, 5.41) is 3.12. The van der Waals surface area contributed by atoms with Gasteiger partial charge < -0.3 is 10.1 Å². The number of nitrogens with one attached hydrogen (secondary N) is 1. The zero-order chi connectivity index (χ0) is 12.0. The molecule has 1 aromatic rings. The summed E-state index contributed by atoms with van der Waals surface area (Å²) >= 11 is 5.73. The Kier molecular flexibility index (Phi) is 4.79. The molecule has 0 aliphatic heterocycles. The Hall–Kier alpha value is -1.55. The lowest BCUT2D eigenvalue weighted by atomic mass is 10.1. The van der Waals surface area contributed by atoms with Crippen molar-refractivity contribution in [1.82, 2.24) is 5.32 Å². The van der Waals surface area contributed by atoms with Gasteiger partial charge in [-0.2, -0.15) is 0 Å². The van der Waals surface area contributed by atoms with Gasteiger partial charge in [0.15, 0.2) is 0 Å². The summed E-state index contributed by atoms with van der Waals surface area (Å²) in [5.41, 5.74) is 1.04. The van der Waals surface area contributed by atoms with Gasteiger partial charge in [0.05, 0.1) is 7.11 Å². The first-order valence-electron chi connectivity index (χ1n) is 4.74. The monoisotopic (exact) mass is 241 g/mol. The second kappa shape index (κ2) is 6.12. The van der Waals surface area contributed by atoms with Crippen LogP contribution in [0.4, 0.5) is 0 Å². The predicted octanol–water partition coefficient (Wildman–Crippen LogP) is 1.17. The first kappa shape index (κ1) is 12.5. The number of amides is 1. The van der Waals surface area contributed by atoms with Crippen molar-refractivity contribution in [2.24, 2.45) is 0 Å². The topological polar surface area (TPSA) is 55.4 Å². The molecule has 0 unspecified atom stereocenters. The molecule has 0 aromatic heterocycles. The van der Waals surface area contributed by atoms with E-state index in [4.69, 9.17) is 11.6 Å². The van der Waals surface area contributed by atoms with E-state index < -0.39 is 11.9 Å². The SMILES string of the molecule is COC(=O)C(=O)NCCc1ccc(Cl)cc1. The summed E-state index contributed by atoms with van der Waals surface area (Å²) < 4.78 is 4.26. The molecule has 0 aliphatic carbocycles. The number of halogens is 1. The third-order valence-electron chi connectivity index (χ3n) is 1.98. The molecule has 1 N–H and O–H groups in total. The summed E-state index contributed by atoms with van der Waals surface area (Å²) in [7, 11) is 1.17. The third kappa shape index (κ3) is 3.90. The van der Waals surface area contributed by atoms with Crippen LogP contribution in [0.3, 0.4) is 0 Å². The lowest BCUT2D eigenvalue weighted by Gasteiger charge is -2.03. The van der Waals surface area contributed by atoms with Gasteiger partial charge in [-0.1, -0.05) is 23.7 Å². The number of carbonyl (C=O) groups excluding carboxylic acids is 2. The van der Waals surface area contributed by atoms with Crippen LogP contribution in [0.25, 0.3) is 0 Å². The normalized spacial score (nSPS) is 9.62. The molecule has 16 heavy (non-hydrogen) atoms. The summed E-state index contributed by atoms with van der Waals surface area (Å²) in [6.45, 7) is 0.384. The van der Waals surface area contributed by atoms with E-state index in [9.17, 15) is 9.59 Å². The van der Waals surface area contributed by atoms with Gasteiger partial charge >= 0.3 is 11.9 Å². The molecule has 0 spiro atoms. The van der Waals surface area contributed by atoms with Crippen LogP contribution in [-0.2, 0) is 20.7 Å². The lowest BCUT2D eigenvalue weighted by Crippen LogP contribution is -2.33. The van der Waals surface area contributed by atoms with Gasteiger partial charge in [0.1, 0.15) is 0 Å². The maximum absolute atomic E-state index is 11.0. The van der Waals surface area contributed by atoms with Crippen molar-refractivity contribution in [3.8, 4) is 0 Å². The van der Waals surface area contributed by atoms with E-state index in [-0.39, 0.29) is 0 Å². The molecule has 0 fully saturated rings. The second-order valence-corrected chi connectivity index (χ2v) is 3.56. The number of rotatable bonds is 3. The first-order chi connectivity index (χ1) is 7.63. The molecular formula is C11H12ClNO3. The highest BCUT2D eigenvalue weighted by Crippen LogP contribution is 2.09. The fraction of sp³-hybridized carbons (Fsp3) is 0.273. The largest absolute Gasteiger partial charge is 0.462 e. The van der Waals surface area contributed by atoms with Crippen LogP contribution in [0.1, 0.15) is 5.56 Å². The van der Waals surface area contributed by atoms with Gasteiger partial charge in [0.25, 0.3) is 0 Å². The van der Waals surface area contributed by atoms with Crippen LogP contribution in [0.5, 0.6) is 0 Å². The Morgan fingerprint density at radius 1 is 1.31 bits per heavy atom. The molecule has 0 aliphatic rings. The quantitative estimate of drug-likeness (QED) is 0.639. The van der Waals surface area contributed by atoms with Crippen LogP contribution in [-0.4, -0.2) is 25.5 Å². The minimum atomic E-state index is -0.879. The van der Waals surface area contributed by atoms with Crippen LogP contribution in [0.15, 0.2) is 24.3 Å². The number of esters is 1. The van der Waals surface area contributed by atoms with Crippen molar-refractivity contribution in [3.63, 3.8) is 0 Å². The number of hydrogen-bond donors (Lipinski definition) is 1. The van der Waals surface area contributed by atoms with Crippen LogP contribution < -0.4 is 5.32 Å². The number of benzene rings is 1. The minimum absolute atomic E-state index is 0.384. The van der Waals surface area contributed by atoms with Crippen molar-refractivity contribution in [2.75, 3.05) is 13.7 Å². The maximum atomic E-state index is 11.0. The van der Waals surface area contributed by atoms with E-state index in [1.54, 1.807) is 12.1 Å². The highest BCUT2D eigenvalue weighted by Gasteiger charge is 2.11. The summed E-state index contributed by atoms with van der Waals surface area (Å²) in [5.74, 6) is -1.60. The summed E-state index contributed by atoms with van der Waals surface area (Å²) in [4.78, 5) is 21.8. The average molecular weight is 242 g/mol. The highest BCUT2D eigenvalue weighted by molar-refractivity contribution is 6.32. The molecule has 0 saturated carbocycles. The lowest BCUT2D eigenvalue weighted by molar-refractivity contribution is -0.152. The number of hydrogen-bond acceptors (Lipinski definition) is 3. The Morgan fingerprint density at radius 3 is 2.50 bits per heavy atom. The summed E-state index contributed by atoms with van der Waals surface area (Å²) in [6.07, 6.45) is 0.639. The maximum Gasteiger partial charge on any atom is 0.396 e. The third-order valence-corrected chi connectivity index (χ3v) is 2.24.